The second-order valence-electron chi connectivity index (χ2n) is 5.57. The maximum atomic E-state index is 12.2. The topological polar surface area (TPSA) is 89.0 Å². The van der Waals surface area contributed by atoms with E-state index in [9.17, 15) is 13.2 Å². The van der Waals surface area contributed by atoms with Gasteiger partial charge in [-0.1, -0.05) is 12.1 Å². The average Bonchev–Trinajstić information content (AvgIpc) is 2.62. The van der Waals surface area contributed by atoms with E-state index in [1.54, 1.807) is 42.5 Å². The first-order valence-electron chi connectivity index (χ1n) is 7.54. The first-order chi connectivity index (χ1) is 12.3. The van der Waals surface area contributed by atoms with Crippen molar-refractivity contribution in [3.8, 4) is 11.3 Å². The van der Waals surface area contributed by atoms with Crippen LogP contribution in [0.2, 0.25) is 0 Å². The van der Waals surface area contributed by atoms with E-state index in [2.05, 4.69) is 38.1 Å². The van der Waals surface area contributed by atoms with Gasteiger partial charge in [0.15, 0.2) is 14.9 Å². The largest absolute Gasteiger partial charge is 0.322 e. The van der Waals surface area contributed by atoms with Crippen LogP contribution in [0.5, 0.6) is 0 Å². The van der Waals surface area contributed by atoms with Crippen LogP contribution in [0.25, 0.3) is 11.3 Å². The fraction of sp³-hybridized carbons (Fsp3) is 0.0556. The molecule has 0 aliphatic carbocycles. The number of hydrogen-bond acceptors (Lipinski definition) is 5. The first-order valence-corrected chi connectivity index (χ1v) is 10.5. The molecule has 0 unspecified atom stereocenters. The molecule has 0 saturated carbocycles. The molecule has 0 spiro atoms. The molecule has 0 fully saturated rings. The van der Waals surface area contributed by atoms with Gasteiger partial charge in [0.05, 0.1) is 5.69 Å². The second kappa shape index (κ2) is 7.50. The summed E-state index contributed by atoms with van der Waals surface area (Å²) in [5.74, 6) is -0.188. The number of hydrogen-bond donors (Lipinski definition) is 1. The summed E-state index contributed by atoms with van der Waals surface area (Å²) in [5, 5.41) is 10.4. The number of carbonyl (C=O) groups excluding carboxylic acids is 1. The summed E-state index contributed by atoms with van der Waals surface area (Å²) < 4.78 is 23.9. The van der Waals surface area contributed by atoms with Crippen molar-refractivity contribution >= 4 is 44.0 Å². The molecule has 0 saturated heterocycles. The molecule has 0 bridgehead atoms. The zero-order valence-corrected chi connectivity index (χ0v) is 16.7. The molecule has 26 heavy (non-hydrogen) atoms. The van der Waals surface area contributed by atoms with Crippen LogP contribution in [-0.4, -0.2) is 30.8 Å². The monoisotopic (exact) mass is 479 g/mol. The Morgan fingerprint density at radius 3 is 2.12 bits per heavy atom. The number of benzene rings is 2. The predicted molar refractivity (Wildman–Crippen MR) is 108 cm³/mol. The number of aromatic nitrogens is 2. The van der Waals surface area contributed by atoms with Crippen molar-refractivity contribution in [3.63, 3.8) is 0 Å². The number of sulfone groups is 1. The highest BCUT2D eigenvalue weighted by atomic mass is 127. The fourth-order valence-electron chi connectivity index (χ4n) is 2.20. The molecule has 0 atom stereocenters. The number of halogens is 1. The molecule has 1 amide bonds. The van der Waals surface area contributed by atoms with Crippen LogP contribution in [0.3, 0.4) is 0 Å². The van der Waals surface area contributed by atoms with Crippen LogP contribution in [0.1, 0.15) is 10.4 Å². The van der Waals surface area contributed by atoms with Crippen molar-refractivity contribution < 1.29 is 13.2 Å². The summed E-state index contributed by atoms with van der Waals surface area (Å²) in [6.45, 7) is 0. The molecule has 8 heteroatoms. The lowest BCUT2D eigenvalue weighted by atomic mass is 10.1. The van der Waals surface area contributed by atoms with Crippen LogP contribution in [0.15, 0.2) is 65.7 Å². The van der Waals surface area contributed by atoms with Gasteiger partial charge in [0.1, 0.15) is 0 Å². The fourth-order valence-corrected chi connectivity index (χ4v) is 3.06. The van der Waals surface area contributed by atoms with E-state index in [1.165, 1.54) is 6.07 Å². The van der Waals surface area contributed by atoms with E-state index in [-0.39, 0.29) is 10.9 Å². The van der Waals surface area contributed by atoms with Crippen molar-refractivity contribution in [2.45, 2.75) is 5.03 Å². The Bertz CT molecular complexity index is 1030. The van der Waals surface area contributed by atoms with Gasteiger partial charge in [0.25, 0.3) is 5.91 Å². The van der Waals surface area contributed by atoms with Crippen LogP contribution in [0.4, 0.5) is 5.69 Å². The lowest BCUT2D eigenvalue weighted by Crippen LogP contribution is -2.11. The smallest absolute Gasteiger partial charge is 0.255 e. The highest BCUT2D eigenvalue weighted by molar-refractivity contribution is 14.1. The van der Waals surface area contributed by atoms with Crippen LogP contribution < -0.4 is 5.32 Å². The minimum absolute atomic E-state index is 0.0670. The normalized spacial score (nSPS) is 11.2. The molecule has 0 aliphatic heterocycles. The standard InChI is InChI=1S/C18H14IN3O3S/c1-26(24,25)17-11-10-16(21-22-17)12-4-8-15(9-5-12)20-18(23)13-2-6-14(19)7-3-13/h2-11H,1H3,(H,20,23). The minimum atomic E-state index is -3.37. The molecule has 132 valence electrons. The maximum Gasteiger partial charge on any atom is 0.255 e. The van der Waals surface area contributed by atoms with Gasteiger partial charge in [-0.15, -0.1) is 10.2 Å². The summed E-state index contributed by atoms with van der Waals surface area (Å²) in [4.78, 5) is 12.2. The summed E-state index contributed by atoms with van der Waals surface area (Å²) in [6, 6.07) is 17.4. The number of anilines is 1. The van der Waals surface area contributed by atoms with E-state index < -0.39 is 9.84 Å². The Hall–Kier alpha value is -2.33. The summed E-state index contributed by atoms with van der Waals surface area (Å²) in [7, 11) is -3.37. The highest BCUT2D eigenvalue weighted by Crippen LogP contribution is 2.20. The van der Waals surface area contributed by atoms with Gasteiger partial charge < -0.3 is 5.32 Å². The van der Waals surface area contributed by atoms with Crippen molar-refractivity contribution in [2.75, 3.05) is 11.6 Å². The van der Waals surface area contributed by atoms with Gasteiger partial charge >= 0.3 is 0 Å². The lowest BCUT2D eigenvalue weighted by molar-refractivity contribution is 0.102. The second-order valence-corrected chi connectivity index (χ2v) is 8.78. The third kappa shape index (κ3) is 4.44. The van der Waals surface area contributed by atoms with Gasteiger partial charge in [0.2, 0.25) is 0 Å². The molecule has 1 aromatic heterocycles. The molecule has 0 aliphatic rings. The van der Waals surface area contributed by atoms with Crippen molar-refractivity contribution in [2.24, 2.45) is 0 Å². The van der Waals surface area contributed by atoms with Crippen LogP contribution in [-0.2, 0) is 9.84 Å². The van der Waals surface area contributed by atoms with Crippen molar-refractivity contribution in [1.82, 2.24) is 10.2 Å². The van der Waals surface area contributed by atoms with Crippen LogP contribution >= 0.6 is 22.6 Å². The molecular weight excluding hydrogens is 465 g/mol. The Morgan fingerprint density at radius 1 is 0.923 bits per heavy atom. The van der Waals surface area contributed by atoms with E-state index in [1.807, 2.05) is 12.1 Å². The average molecular weight is 479 g/mol. The Balaban J connectivity index is 1.74. The predicted octanol–water partition coefficient (Wildman–Crippen LogP) is 3.40. The summed E-state index contributed by atoms with van der Waals surface area (Å²) >= 11 is 2.18. The van der Waals surface area contributed by atoms with E-state index in [0.717, 1.165) is 15.4 Å². The third-order valence-corrected chi connectivity index (χ3v) is 5.26. The molecule has 1 heterocycles. The molecule has 3 aromatic rings. The van der Waals surface area contributed by atoms with Crippen LogP contribution in [0, 0.1) is 3.57 Å². The lowest BCUT2D eigenvalue weighted by Gasteiger charge is -2.07. The van der Waals surface area contributed by atoms with Gasteiger partial charge in [-0.05, 0) is 71.1 Å². The third-order valence-electron chi connectivity index (χ3n) is 3.56. The first kappa shape index (κ1) is 18.5. The van der Waals surface area contributed by atoms with Gasteiger partial charge in [-0.25, -0.2) is 8.42 Å². The zero-order valence-electron chi connectivity index (χ0n) is 13.7. The number of nitrogens with one attached hydrogen (secondary N) is 1. The number of rotatable bonds is 4. The van der Waals surface area contributed by atoms with E-state index in [0.29, 0.717) is 16.9 Å². The van der Waals surface area contributed by atoms with Gasteiger partial charge in [-0.3, -0.25) is 4.79 Å². The maximum absolute atomic E-state index is 12.2. The molecule has 6 nitrogen and oxygen atoms in total. The molecule has 2 aromatic carbocycles. The number of carbonyl (C=O) groups is 1. The van der Waals surface area contributed by atoms with Crippen molar-refractivity contribution in [3.05, 3.63) is 69.8 Å². The van der Waals surface area contributed by atoms with Gasteiger partial charge in [0, 0.05) is 26.6 Å². The SMILES string of the molecule is CS(=O)(=O)c1ccc(-c2ccc(NC(=O)c3ccc(I)cc3)cc2)nn1. The molecular formula is C18H14IN3O3S. The van der Waals surface area contributed by atoms with E-state index >= 15 is 0 Å². The summed E-state index contributed by atoms with van der Waals surface area (Å²) in [5.41, 5.74) is 2.55. The Morgan fingerprint density at radius 2 is 1.58 bits per heavy atom. The zero-order chi connectivity index (χ0) is 18.7. The molecule has 3 rings (SSSR count). The Labute approximate surface area is 164 Å². The molecule has 1 N–H and O–H groups in total. The quantitative estimate of drug-likeness (QED) is 0.580. The van der Waals surface area contributed by atoms with E-state index in [4.69, 9.17) is 0 Å². The number of nitrogens with zero attached hydrogens (tertiary/aromatic N) is 2. The summed E-state index contributed by atoms with van der Waals surface area (Å²) in [6.07, 6.45) is 1.09. The molecule has 0 radical (unpaired) electrons. The Kier molecular flexibility index (Phi) is 5.33. The minimum Gasteiger partial charge on any atom is -0.322 e. The number of amides is 1. The van der Waals surface area contributed by atoms with Crippen molar-refractivity contribution in [1.29, 1.82) is 0 Å². The highest BCUT2D eigenvalue weighted by Gasteiger charge is 2.10. The van der Waals surface area contributed by atoms with Gasteiger partial charge in [-0.2, -0.15) is 0 Å².